The van der Waals surface area contributed by atoms with E-state index in [0.717, 1.165) is 12.1 Å². The first-order chi connectivity index (χ1) is 13.0. The standard InChI is InChI=1S/C18H12F3N5S/c19-18(20,21)13-5-3-4-12(10-13)11-27-17-24-23-16-8-7-15(25-26(16)17)14-6-1-2-9-22-14/h1-10H,11H2. The van der Waals surface area contributed by atoms with E-state index in [9.17, 15) is 13.2 Å². The molecule has 0 saturated heterocycles. The number of thioether (sulfide) groups is 1. The van der Waals surface area contributed by atoms with E-state index in [4.69, 9.17) is 0 Å². The molecule has 27 heavy (non-hydrogen) atoms. The van der Waals surface area contributed by atoms with Gasteiger partial charge in [0.2, 0.25) is 5.16 Å². The van der Waals surface area contributed by atoms with Gasteiger partial charge in [0.25, 0.3) is 0 Å². The summed E-state index contributed by atoms with van der Waals surface area (Å²) in [5.41, 5.74) is 1.81. The van der Waals surface area contributed by atoms with E-state index in [1.165, 1.54) is 17.8 Å². The van der Waals surface area contributed by atoms with E-state index in [2.05, 4.69) is 20.3 Å². The van der Waals surface area contributed by atoms with Gasteiger partial charge in [-0.3, -0.25) is 4.98 Å². The lowest BCUT2D eigenvalue weighted by Gasteiger charge is -2.08. The summed E-state index contributed by atoms with van der Waals surface area (Å²) < 4.78 is 40.1. The van der Waals surface area contributed by atoms with Crippen LogP contribution in [0.1, 0.15) is 11.1 Å². The van der Waals surface area contributed by atoms with E-state index in [-0.39, 0.29) is 0 Å². The highest BCUT2D eigenvalue weighted by Crippen LogP contribution is 2.31. The van der Waals surface area contributed by atoms with Crippen LogP contribution in [-0.4, -0.2) is 24.8 Å². The van der Waals surface area contributed by atoms with Crippen molar-refractivity contribution in [1.82, 2.24) is 24.8 Å². The molecule has 4 rings (SSSR count). The van der Waals surface area contributed by atoms with Gasteiger partial charge in [-0.1, -0.05) is 36.0 Å². The number of nitrogens with zero attached hydrogens (tertiary/aromatic N) is 5. The van der Waals surface area contributed by atoms with Crippen molar-refractivity contribution in [2.45, 2.75) is 17.1 Å². The molecule has 0 aliphatic rings. The lowest BCUT2D eigenvalue weighted by atomic mass is 10.1. The Kier molecular flexibility index (Phi) is 4.53. The van der Waals surface area contributed by atoms with E-state index < -0.39 is 11.7 Å². The van der Waals surface area contributed by atoms with E-state index >= 15 is 0 Å². The van der Waals surface area contributed by atoms with Gasteiger partial charge in [0.05, 0.1) is 11.3 Å². The fraction of sp³-hybridized carbons (Fsp3) is 0.111. The number of pyridine rings is 1. The van der Waals surface area contributed by atoms with Gasteiger partial charge in [-0.25, -0.2) is 0 Å². The van der Waals surface area contributed by atoms with Crippen LogP contribution in [-0.2, 0) is 11.9 Å². The lowest BCUT2D eigenvalue weighted by molar-refractivity contribution is -0.137. The molecule has 5 nitrogen and oxygen atoms in total. The van der Waals surface area contributed by atoms with Crippen molar-refractivity contribution in [3.63, 3.8) is 0 Å². The number of alkyl halides is 3. The van der Waals surface area contributed by atoms with Gasteiger partial charge in [-0.15, -0.1) is 10.2 Å². The number of fused-ring (bicyclic) bond motifs is 1. The fourth-order valence-electron chi connectivity index (χ4n) is 2.50. The molecule has 0 unspecified atom stereocenters. The third kappa shape index (κ3) is 3.77. The number of rotatable bonds is 4. The quantitative estimate of drug-likeness (QED) is 0.483. The molecule has 4 aromatic rings. The van der Waals surface area contributed by atoms with Gasteiger partial charge >= 0.3 is 6.18 Å². The number of benzene rings is 1. The van der Waals surface area contributed by atoms with Gasteiger partial charge in [-0.05, 0) is 35.9 Å². The Morgan fingerprint density at radius 1 is 0.926 bits per heavy atom. The molecule has 0 aliphatic heterocycles. The Labute approximate surface area is 156 Å². The first kappa shape index (κ1) is 17.5. The second-order valence-corrected chi connectivity index (χ2v) is 6.62. The van der Waals surface area contributed by atoms with Crippen molar-refractivity contribution in [3.8, 4) is 11.4 Å². The van der Waals surface area contributed by atoms with E-state index in [0.29, 0.717) is 33.5 Å². The highest BCUT2D eigenvalue weighted by molar-refractivity contribution is 7.98. The topological polar surface area (TPSA) is 56.0 Å². The summed E-state index contributed by atoms with van der Waals surface area (Å²) in [4.78, 5) is 4.27. The smallest absolute Gasteiger partial charge is 0.255 e. The van der Waals surface area contributed by atoms with Crippen molar-refractivity contribution < 1.29 is 13.2 Å². The monoisotopic (exact) mass is 387 g/mol. The molecule has 3 aromatic heterocycles. The molecular weight excluding hydrogens is 375 g/mol. The summed E-state index contributed by atoms with van der Waals surface area (Å²) in [6.07, 6.45) is -2.68. The highest BCUT2D eigenvalue weighted by Gasteiger charge is 2.30. The number of hydrogen-bond donors (Lipinski definition) is 0. The maximum absolute atomic E-state index is 12.8. The first-order valence-corrected chi connectivity index (χ1v) is 8.92. The van der Waals surface area contributed by atoms with Crippen LogP contribution in [0.25, 0.3) is 17.0 Å². The van der Waals surface area contributed by atoms with Crippen LogP contribution in [0.3, 0.4) is 0 Å². The van der Waals surface area contributed by atoms with Crippen molar-refractivity contribution in [3.05, 3.63) is 71.9 Å². The van der Waals surface area contributed by atoms with Crippen molar-refractivity contribution >= 4 is 17.4 Å². The molecule has 0 N–H and O–H groups in total. The van der Waals surface area contributed by atoms with Crippen LogP contribution >= 0.6 is 11.8 Å². The van der Waals surface area contributed by atoms with Crippen LogP contribution in [0.15, 0.2) is 66.0 Å². The Morgan fingerprint density at radius 2 is 1.81 bits per heavy atom. The van der Waals surface area contributed by atoms with E-state index in [1.807, 2.05) is 18.2 Å². The minimum absolute atomic E-state index is 0.320. The molecule has 0 aliphatic carbocycles. The molecule has 0 bridgehead atoms. The third-order valence-corrected chi connectivity index (χ3v) is 4.77. The van der Waals surface area contributed by atoms with Gasteiger partial charge in [0.15, 0.2) is 5.65 Å². The van der Waals surface area contributed by atoms with Crippen molar-refractivity contribution in [2.75, 3.05) is 0 Å². The van der Waals surface area contributed by atoms with Crippen LogP contribution in [0.5, 0.6) is 0 Å². The fourth-order valence-corrected chi connectivity index (χ4v) is 3.33. The SMILES string of the molecule is FC(F)(F)c1cccc(CSc2nnc3ccc(-c4ccccn4)nn23)c1. The molecule has 0 fully saturated rings. The zero-order valence-electron chi connectivity index (χ0n) is 13.8. The normalized spacial score (nSPS) is 11.8. The Balaban J connectivity index is 1.59. The second-order valence-electron chi connectivity index (χ2n) is 5.67. The van der Waals surface area contributed by atoms with Gasteiger partial charge < -0.3 is 0 Å². The van der Waals surface area contributed by atoms with Crippen LogP contribution in [0.4, 0.5) is 13.2 Å². The molecule has 0 saturated carbocycles. The predicted octanol–water partition coefficient (Wildman–Crippen LogP) is 4.50. The zero-order chi connectivity index (χ0) is 18.9. The minimum Gasteiger partial charge on any atom is -0.255 e. The van der Waals surface area contributed by atoms with Crippen molar-refractivity contribution in [2.24, 2.45) is 0 Å². The zero-order valence-corrected chi connectivity index (χ0v) is 14.6. The average molecular weight is 387 g/mol. The molecule has 0 spiro atoms. The molecule has 9 heteroatoms. The number of hydrogen-bond acceptors (Lipinski definition) is 5. The summed E-state index contributed by atoms with van der Waals surface area (Å²) in [6, 6.07) is 14.3. The second kappa shape index (κ2) is 6.99. The lowest BCUT2D eigenvalue weighted by Crippen LogP contribution is -2.05. The summed E-state index contributed by atoms with van der Waals surface area (Å²) in [7, 11) is 0. The van der Waals surface area contributed by atoms with Gasteiger partial charge in [0, 0.05) is 11.9 Å². The summed E-state index contributed by atoms with van der Waals surface area (Å²) in [5.74, 6) is 0.320. The van der Waals surface area contributed by atoms with Gasteiger partial charge in [0.1, 0.15) is 5.69 Å². The molecular formula is C18H12F3N5S. The average Bonchev–Trinajstić information content (AvgIpc) is 3.09. The maximum Gasteiger partial charge on any atom is 0.416 e. The summed E-state index contributed by atoms with van der Waals surface area (Å²) in [6.45, 7) is 0. The molecule has 0 atom stereocenters. The molecule has 1 aromatic carbocycles. The Bertz CT molecular complexity index is 1080. The largest absolute Gasteiger partial charge is 0.416 e. The minimum atomic E-state index is -4.36. The Hall–Kier alpha value is -2.94. The molecule has 0 radical (unpaired) electrons. The maximum atomic E-state index is 12.8. The summed E-state index contributed by atoms with van der Waals surface area (Å²) >= 11 is 1.27. The van der Waals surface area contributed by atoms with Crippen LogP contribution < -0.4 is 0 Å². The Morgan fingerprint density at radius 3 is 2.59 bits per heavy atom. The van der Waals surface area contributed by atoms with Crippen molar-refractivity contribution in [1.29, 1.82) is 0 Å². The number of aromatic nitrogens is 5. The first-order valence-electron chi connectivity index (χ1n) is 7.93. The highest BCUT2D eigenvalue weighted by atomic mass is 32.2. The molecule has 136 valence electrons. The van der Waals surface area contributed by atoms with Crippen LogP contribution in [0.2, 0.25) is 0 Å². The van der Waals surface area contributed by atoms with E-state index in [1.54, 1.807) is 28.9 Å². The molecule has 3 heterocycles. The summed E-state index contributed by atoms with van der Waals surface area (Å²) in [5, 5.41) is 13.1. The molecule has 0 amide bonds. The number of halogens is 3. The van der Waals surface area contributed by atoms with Crippen LogP contribution in [0, 0.1) is 0 Å². The predicted molar refractivity (Wildman–Crippen MR) is 95.0 cm³/mol. The van der Waals surface area contributed by atoms with Gasteiger partial charge in [-0.2, -0.15) is 22.8 Å². The third-order valence-electron chi connectivity index (χ3n) is 3.78.